The molecule has 28 heavy (non-hydrogen) atoms. The number of thioether (sulfide) groups is 1. The van der Waals surface area contributed by atoms with Crippen molar-refractivity contribution in [2.24, 2.45) is 0 Å². The molecule has 0 spiro atoms. The standard InChI is InChI=1S/C18H12F3NO2S2.C2H6/c1-2-8-22-16(23)15(26-17(22)25)10-13-6-7-14(24-13)11-4-3-5-12(9-11)18(19,20)21;1-2/h2-7,9-10H,1,8H2;1-2H3/b15-10+;. The van der Waals surface area contributed by atoms with Gasteiger partial charge in [0.2, 0.25) is 0 Å². The first kappa shape index (κ1) is 22.0. The van der Waals surface area contributed by atoms with Crippen molar-refractivity contribution in [1.29, 1.82) is 0 Å². The summed E-state index contributed by atoms with van der Waals surface area (Å²) in [5, 5.41) is 0. The molecule has 148 valence electrons. The highest BCUT2D eigenvalue weighted by atomic mass is 32.2. The van der Waals surface area contributed by atoms with E-state index in [9.17, 15) is 18.0 Å². The van der Waals surface area contributed by atoms with Crippen molar-refractivity contribution in [3.8, 4) is 11.3 Å². The van der Waals surface area contributed by atoms with E-state index in [0.717, 1.165) is 23.9 Å². The third-order valence-corrected chi connectivity index (χ3v) is 4.94. The summed E-state index contributed by atoms with van der Waals surface area (Å²) in [6, 6.07) is 8.02. The number of nitrogens with zero attached hydrogens (tertiary/aromatic N) is 1. The molecule has 0 bridgehead atoms. The highest BCUT2D eigenvalue weighted by Gasteiger charge is 2.32. The van der Waals surface area contributed by atoms with Gasteiger partial charge >= 0.3 is 6.18 Å². The van der Waals surface area contributed by atoms with Crippen LogP contribution < -0.4 is 0 Å². The van der Waals surface area contributed by atoms with Crippen LogP contribution >= 0.6 is 24.0 Å². The maximum absolute atomic E-state index is 12.8. The summed E-state index contributed by atoms with van der Waals surface area (Å²) in [6.45, 7) is 7.90. The summed E-state index contributed by atoms with van der Waals surface area (Å²) in [5.41, 5.74) is -0.447. The van der Waals surface area contributed by atoms with Crippen molar-refractivity contribution in [2.75, 3.05) is 6.54 Å². The largest absolute Gasteiger partial charge is 0.457 e. The molecule has 1 aromatic heterocycles. The minimum absolute atomic E-state index is 0.253. The van der Waals surface area contributed by atoms with Crippen LogP contribution in [0.1, 0.15) is 25.2 Å². The fourth-order valence-electron chi connectivity index (χ4n) is 2.35. The quantitative estimate of drug-likeness (QED) is 0.323. The second-order valence-electron chi connectivity index (χ2n) is 5.36. The zero-order chi connectivity index (χ0) is 20.9. The molecule has 3 rings (SSSR count). The van der Waals surface area contributed by atoms with Gasteiger partial charge in [0.15, 0.2) is 0 Å². The number of furan rings is 1. The Morgan fingerprint density at radius 3 is 2.61 bits per heavy atom. The Kier molecular flexibility index (Phi) is 7.26. The molecule has 1 saturated heterocycles. The fourth-order valence-corrected chi connectivity index (χ4v) is 3.61. The van der Waals surface area contributed by atoms with Crippen molar-refractivity contribution in [2.45, 2.75) is 20.0 Å². The van der Waals surface area contributed by atoms with Crippen molar-refractivity contribution in [1.82, 2.24) is 4.90 Å². The molecule has 8 heteroatoms. The van der Waals surface area contributed by atoms with Crippen LogP contribution in [0.3, 0.4) is 0 Å². The number of carbonyl (C=O) groups is 1. The van der Waals surface area contributed by atoms with Gasteiger partial charge in [0.05, 0.1) is 10.5 Å². The molecule has 0 radical (unpaired) electrons. The molecule has 1 aliphatic rings. The van der Waals surface area contributed by atoms with E-state index >= 15 is 0 Å². The molecule has 2 heterocycles. The smallest absolute Gasteiger partial charge is 0.416 e. The predicted molar refractivity (Wildman–Crippen MR) is 111 cm³/mol. The van der Waals surface area contributed by atoms with E-state index in [1.54, 1.807) is 18.2 Å². The second-order valence-corrected chi connectivity index (χ2v) is 7.04. The number of benzene rings is 1. The predicted octanol–water partition coefficient (Wildman–Crippen LogP) is 6.38. The van der Waals surface area contributed by atoms with Crippen LogP contribution in [0.5, 0.6) is 0 Å². The van der Waals surface area contributed by atoms with Crippen LogP contribution in [-0.2, 0) is 11.0 Å². The monoisotopic (exact) mass is 425 g/mol. The van der Waals surface area contributed by atoms with E-state index in [1.807, 2.05) is 13.8 Å². The van der Waals surface area contributed by atoms with Crippen LogP contribution in [0.15, 0.2) is 58.4 Å². The lowest BCUT2D eigenvalue weighted by atomic mass is 10.1. The van der Waals surface area contributed by atoms with Gasteiger partial charge in [-0.05, 0) is 24.3 Å². The van der Waals surface area contributed by atoms with E-state index in [4.69, 9.17) is 16.6 Å². The Balaban J connectivity index is 0.00000136. The molecule has 1 aromatic carbocycles. The Bertz CT molecular complexity index is 916. The molecule has 3 nitrogen and oxygen atoms in total. The molecular weight excluding hydrogens is 407 g/mol. The number of halogens is 3. The van der Waals surface area contributed by atoms with Gasteiger partial charge in [-0.3, -0.25) is 9.69 Å². The molecule has 0 N–H and O–H groups in total. The molecule has 0 saturated carbocycles. The summed E-state index contributed by atoms with van der Waals surface area (Å²) in [5.74, 6) is 0.386. The summed E-state index contributed by atoms with van der Waals surface area (Å²) >= 11 is 6.29. The van der Waals surface area contributed by atoms with Gasteiger partial charge in [0.1, 0.15) is 15.8 Å². The van der Waals surface area contributed by atoms with Gasteiger partial charge < -0.3 is 4.42 Å². The fraction of sp³-hybridized carbons (Fsp3) is 0.200. The second kappa shape index (κ2) is 9.25. The lowest BCUT2D eigenvalue weighted by Gasteiger charge is -2.10. The normalized spacial score (nSPS) is 15.6. The van der Waals surface area contributed by atoms with Crippen molar-refractivity contribution < 1.29 is 22.4 Å². The van der Waals surface area contributed by atoms with Gasteiger partial charge in [-0.15, -0.1) is 6.58 Å². The minimum atomic E-state index is -4.43. The average Bonchev–Trinajstić information content (AvgIpc) is 3.24. The van der Waals surface area contributed by atoms with Crippen LogP contribution in [-0.4, -0.2) is 21.7 Å². The summed E-state index contributed by atoms with van der Waals surface area (Å²) in [7, 11) is 0. The van der Waals surface area contributed by atoms with Gasteiger partial charge in [-0.25, -0.2) is 0 Å². The lowest BCUT2D eigenvalue weighted by Crippen LogP contribution is -2.27. The highest BCUT2D eigenvalue weighted by molar-refractivity contribution is 8.26. The van der Waals surface area contributed by atoms with Gasteiger partial charge in [-0.2, -0.15) is 13.2 Å². The molecule has 0 atom stereocenters. The Morgan fingerprint density at radius 2 is 1.96 bits per heavy atom. The number of rotatable bonds is 4. The van der Waals surface area contributed by atoms with E-state index in [2.05, 4.69) is 6.58 Å². The summed E-state index contributed by atoms with van der Waals surface area (Å²) < 4.78 is 44.5. The molecule has 1 aliphatic heterocycles. The third kappa shape index (κ3) is 4.94. The van der Waals surface area contributed by atoms with Gasteiger partial charge in [-0.1, -0.05) is 56.0 Å². The van der Waals surface area contributed by atoms with Crippen molar-refractivity contribution in [3.63, 3.8) is 0 Å². The summed E-state index contributed by atoms with van der Waals surface area (Å²) in [4.78, 5) is 14.1. The zero-order valence-corrected chi connectivity index (χ0v) is 16.9. The highest BCUT2D eigenvalue weighted by Crippen LogP contribution is 2.35. The van der Waals surface area contributed by atoms with E-state index in [1.165, 1.54) is 23.1 Å². The maximum Gasteiger partial charge on any atom is 0.416 e. The molecule has 1 fully saturated rings. The topological polar surface area (TPSA) is 33.5 Å². The number of alkyl halides is 3. The van der Waals surface area contributed by atoms with Crippen LogP contribution in [0.2, 0.25) is 0 Å². The summed E-state index contributed by atoms with van der Waals surface area (Å²) in [6.07, 6.45) is -1.32. The van der Waals surface area contributed by atoms with Crippen molar-refractivity contribution in [3.05, 3.63) is 65.3 Å². The number of carbonyl (C=O) groups excluding carboxylic acids is 1. The van der Waals surface area contributed by atoms with Crippen LogP contribution in [0.4, 0.5) is 13.2 Å². The van der Waals surface area contributed by atoms with Crippen LogP contribution in [0.25, 0.3) is 17.4 Å². The third-order valence-electron chi connectivity index (χ3n) is 3.56. The number of hydrogen-bond acceptors (Lipinski definition) is 4. The molecule has 1 amide bonds. The molecular formula is C20H18F3NO2S2. The average molecular weight is 425 g/mol. The SMILES string of the molecule is C=CCN1C(=O)/C(=C\c2ccc(-c3cccc(C(F)(F)F)c3)o2)SC1=S.CC. The van der Waals surface area contributed by atoms with E-state index in [-0.39, 0.29) is 11.7 Å². The van der Waals surface area contributed by atoms with E-state index < -0.39 is 11.7 Å². The first-order chi connectivity index (χ1) is 13.3. The van der Waals surface area contributed by atoms with Crippen molar-refractivity contribution >= 4 is 40.3 Å². The Hall–Kier alpha value is -2.32. The first-order valence-electron chi connectivity index (χ1n) is 8.43. The Labute approximate surface area is 170 Å². The van der Waals surface area contributed by atoms with E-state index in [0.29, 0.717) is 27.1 Å². The number of thiocarbonyl (C=S) groups is 1. The Morgan fingerprint density at radius 1 is 1.25 bits per heavy atom. The van der Waals surface area contributed by atoms with Crippen LogP contribution in [0, 0.1) is 0 Å². The van der Waals surface area contributed by atoms with Gasteiger partial charge in [0, 0.05) is 18.2 Å². The molecule has 0 unspecified atom stereocenters. The number of amides is 1. The lowest BCUT2D eigenvalue weighted by molar-refractivity contribution is -0.137. The zero-order valence-electron chi connectivity index (χ0n) is 15.2. The first-order valence-corrected chi connectivity index (χ1v) is 9.66. The molecule has 0 aliphatic carbocycles. The number of hydrogen-bond donors (Lipinski definition) is 0. The molecule has 2 aromatic rings. The van der Waals surface area contributed by atoms with Gasteiger partial charge in [0.25, 0.3) is 5.91 Å². The maximum atomic E-state index is 12.8. The minimum Gasteiger partial charge on any atom is -0.457 e.